The van der Waals surface area contributed by atoms with Crippen molar-refractivity contribution in [1.29, 1.82) is 0 Å². The summed E-state index contributed by atoms with van der Waals surface area (Å²) in [5.74, 6) is 1.70. The van der Waals surface area contributed by atoms with Gasteiger partial charge in [0.1, 0.15) is 5.75 Å². The molecule has 3 aliphatic rings. The lowest BCUT2D eigenvalue weighted by Crippen LogP contribution is -2.52. The molecule has 0 bridgehead atoms. The molecule has 1 saturated carbocycles. The number of halogens is 1. The Morgan fingerprint density at radius 3 is 2.76 bits per heavy atom. The molecule has 4 rings (SSSR count). The van der Waals surface area contributed by atoms with Crippen molar-refractivity contribution in [3.8, 4) is 5.75 Å². The number of likely N-dealkylation sites (tertiary alicyclic amines) is 1. The minimum atomic E-state index is 0. The van der Waals surface area contributed by atoms with Gasteiger partial charge in [0.15, 0.2) is 0 Å². The number of para-hydroxylation sites is 1. The monoisotopic (exact) mass is 423 g/mol. The molecule has 1 aromatic carbocycles. The Hall–Kier alpha value is -0.850. The van der Waals surface area contributed by atoms with E-state index in [0.717, 1.165) is 32.1 Å². The quantitative estimate of drug-likeness (QED) is 0.703. The summed E-state index contributed by atoms with van der Waals surface area (Å²) in [6, 6.07) is 10.1. The molecule has 4 unspecified atom stereocenters. The predicted molar refractivity (Wildman–Crippen MR) is 120 cm³/mol. The van der Waals surface area contributed by atoms with Gasteiger partial charge in [-0.05, 0) is 50.8 Å². The second-order valence-corrected chi connectivity index (χ2v) is 8.60. The van der Waals surface area contributed by atoms with Crippen LogP contribution in [-0.2, 0) is 4.74 Å². The number of rotatable bonds is 7. The Labute approximate surface area is 182 Å². The van der Waals surface area contributed by atoms with Crippen LogP contribution in [0.2, 0.25) is 0 Å². The Balaban J connectivity index is 0.00000240. The van der Waals surface area contributed by atoms with E-state index in [1.54, 1.807) is 7.11 Å². The number of hydrogen-bond donors (Lipinski definition) is 2. The lowest BCUT2D eigenvalue weighted by molar-refractivity contribution is 0.0515. The molecule has 4 atom stereocenters. The molecule has 1 aromatic rings. The van der Waals surface area contributed by atoms with Crippen LogP contribution in [0.3, 0.4) is 0 Å². The standard InChI is InChI=1S/C23H37N3O2.ClH/c1-27-23-11-4-3-8-19(23)22(26-13-5-2-6-14-26)16-25-20-10-7-9-18(20)21-17-28-15-12-24-21;/h3-4,8,11,18,20-22,24-25H,2,5-7,9-10,12-17H2,1H3;1H. The second-order valence-electron chi connectivity index (χ2n) is 8.60. The average molecular weight is 424 g/mol. The molecule has 5 nitrogen and oxygen atoms in total. The highest BCUT2D eigenvalue weighted by molar-refractivity contribution is 5.85. The van der Waals surface area contributed by atoms with Crippen LogP contribution in [-0.4, -0.2) is 63.5 Å². The number of piperidine rings is 1. The molecule has 0 aromatic heterocycles. The number of methoxy groups -OCH3 is 1. The zero-order valence-corrected chi connectivity index (χ0v) is 18.6. The lowest BCUT2D eigenvalue weighted by Gasteiger charge is -2.38. The van der Waals surface area contributed by atoms with Gasteiger partial charge in [0, 0.05) is 30.7 Å². The third-order valence-electron chi connectivity index (χ3n) is 6.94. The molecule has 1 aliphatic carbocycles. The molecule has 0 amide bonds. The van der Waals surface area contributed by atoms with Crippen LogP contribution in [0.15, 0.2) is 24.3 Å². The molecular formula is C23H38ClN3O2. The third kappa shape index (κ3) is 5.65. The number of benzene rings is 1. The first-order chi connectivity index (χ1) is 13.9. The van der Waals surface area contributed by atoms with Crippen molar-refractivity contribution < 1.29 is 9.47 Å². The molecule has 2 saturated heterocycles. The van der Waals surface area contributed by atoms with Crippen LogP contribution >= 0.6 is 12.4 Å². The Bertz CT molecular complexity index is 606. The van der Waals surface area contributed by atoms with Crippen LogP contribution in [0.5, 0.6) is 5.75 Å². The van der Waals surface area contributed by atoms with Gasteiger partial charge in [-0.2, -0.15) is 0 Å². The van der Waals surface area contributed by atoms with E-state index in [9.17, 15) is 0 Å². The highest BCUT2D eigenvalue weighted by atomic mass is 35.5. The van der Waals surface area contributed by atoms with E-state index in [1.807, 2.05) is 0 Å². The van der Waals surface area contributed by atoms with Gasteiger partial charge in [-0.25, -0.2) is 0 Å². The van der Waals surface area contributed by atoms with Gasteiger partial charge in [-0.15, -0.1) is 12.4 Å². The highest BCUT2D eigenvalue weighted by Crippen LogP contribution is 2.33. The largest absolute Gasteiger partial charge is 0.496 e. The maximum Gasteiger partial charge on any atom is 0.123 e. The summed E-state index contributed by atoms with van der Waals surface area (Å²) in [6.07, 6.45) is 7.88. The summed E-state index contributed by atoms with van der Waals surface area (Å²) in [5.41, 5.74) is 1.33. The van der Waals surface area contributed by atoms with Crippen molar-refractivity contribution in [1.82, 2.24) is 15.5 Å². The zero-order chi connectivity index (χ0) is 19.2. The molecule has 29 heavy (non-hydrogen) atoms. The highest BCUT2D eigenvalue weighted by Gasteiger charge is 2.35. The summed E-state index contributed by atoms with van der Waals surface area (Å²) in [6.45, 7) is 6.09. The number of nitrogens with zero attached hydrogens (tertiary/aromatic N) is 1. The lowest BCUT2D eigenvalue weighted by atomic mass is 9.93. The van der Waals surface area contributed by atoms with Crippen LogP contribution in [0.25, 0.3) is 0 Å². The molecule has 3 fully saturated rings. The summed E-state index contributed by atoms with van der Waals surface area (Å²) >= 11 is 0. The minimum absolute atomic E-state index is 0. The van der Waals surface area contributed by atoms with Crippen molar-refractivity contribution in [3.05, 3.63) is 29.8 Å². The normalized spacial score (nSPS) is 29.2. The van der Waals surface area contributed by atoms with Crippen LogP contribution in [0, 0.1) is 5.92 Å². The minimum Gasteiger partial charge on any atom is -0.496 e. The first-order valence-corrected chi connectivity index (χ1v) is 11.3. The molecule has 164 valence electrons. The number of nitrogens with one attached hydrogen (secondary N) is 2. The van der Waals surface area contributed by atoms with Crippen molar-refractivity contribution in [2.75, 3.05) is 46.5 Å². The van der Waals surface area contributed by atoms with Crippen molar-refractivity contribution in [2.45, 2.75) is 56.7 Å². The van der Waals surface area contributed by atoms with Gasteiger partial charge in [-0.3, -0.25) is 4.90 Å². The number of hydrogen-bond acceptors (Lipinski definition) is 5. The Morgan fingerprint density at radius 2 is 2.00 bits per heavy atom. The smallest absolute Gasteiger partial charge is 0.123 e. The zero-order valence-electron chi connectivity index (χ0n) is 17.8. The first kappa shape index (κ1) is 22.8. The fourth-order valence-electron chi connectivity index (χ4n) is 5.45. The molecule has 6 heteroatoms. The third-order valence-corrected chi connectivity index (χ3v) is 6.94. The number of morpholine rings is 1. The van der Waals surface area contributed by atoms with Gasteiger partial charge in [-0.1, -0.05) is 31.0 Å². The fourth-order valence-corrected chi connectivity index (χ4v) is 5.45. The second kappa shape index (κ2) is 11.5. The molecular weight excluding hydrogens is 386 g/mol. The van der Waals surface area contributed by atoms with Gasteiger partial charge < -0.3 is 20.1 Å². The van der Waals surface area contributed by atoms with Gasteiger partial charge >= 0.3 is 0 Å². The van der Waals surface area contributed by atoms with Gasteiger partial charge in [0.25, 0.3) is 0 Å². The molecule has 0 spiro atoms. The maximum atomic E-state index is 5.75. The Morgan fingerprint density at radius 1 is 1.17 bits per heavy atom. The molecule has 2 heterocycles. The van der Waals surface area contributed by atoms with Gasteiger partial charge in [0.2, 0.25) is 0 Å². The summed E-state index contributed by atoms with van der Waals surface area (Å²) in [5, 5.41) is 7.68. The van der Waals surface area contributed by atoms with Crippen molar-refractivity contribution in [2.24, 2.45) is 5.92 Å². The SMILES string of the molecule is COc1ccccc1C(CNC1CCCC1C1COCCN1)N1CCCCC1.Cl. The van der Waals surface area contributed by atoms with E-state index in [4.69, 9.17) is 9.47 Å². The summed E-state index contributed by atoms with van der Waals surface area (Å²) in [7, 11) is 1.79. The van der Waals surface area contributed by atoms with Crippen LogP contribution in [0.1, 0.15) is 50.1 Å². The fraction of sp³-hybridized carbons (Fsp3) is 0.739. The maximum absolute atomic E-state index is 5.75. The van der Waals surface area contributed by atoms with E-state index in [1.165, 1.54) is 57.2 Å². The van der Waals surface area contributed by atoms with E-state index in [2.05, 4.69) is 39.8 Å². The van der Waals surface area contributed by atoms with Crippen LogP contribution in [0.4, 0.5) is 0 Å². The van der Waals surface area contributed by atoms with E-state index in [0.29, 0.717) is 24.0 Å². The van der Waals surface area contributed by atoms with Gasteiger partial charge in [0.05, 0.1) is 26.4 Å². The topological polar surface area (TPSA) is 45.8 Å². The first-order valence-electron chi connectivity index (χ1n) is 11.3. The van der Waals surface area contributed by atoms with Crippen molar-refractivity contribution >= 4 is 12.4 Å². The number of ether oxygens (including phenoxy) is 2. The van der Waals surface area contributed by atoms with E-state index >= 15 is 0 Å². The molecule has 2 aliphatic heterocycles. The van der Waals surface area contributed by atoms with Crippen molar-refractivity contribution in [3.63, 3.8) is 0 Å². The average Bonchev–Trinajstić information content (AvgIpc) is 3.24. The summed E-state index contributed by atoms with van der Waals surface area (Å²) < 4.78 is 11.5. The Kier molecular flexibility index (Phi) is 9.07. The summed E-state index contributed by atoms with van der Waals surface area (Å²) in [4.78, 5) is 2.67. The molecule has 0 radical (unpaired) electrons. The predicted octanol–water partition coefficient (Wildman–Crippen LogP) is 3.39. The van der Waals surface area contributed by atoms with Crippen LogP contribution < -0.4 is 15.4 Å². The van der Waals surface area contributed by atoms with E-state index < -0.39 is 0 Å². The van der Waals surface area contributed by atoms with E-state index in [-0.39, 0.29) is 12.4 Å². The molecule has 2 N–H and O–H groups in total.